The summed E-state index contributed by atoms with van der Waals surface area (Å²) >= 11 is 0. The Morgan fingerprint density at radius 3 is 2.47 bits per heavy atom. The third-order valence-corrected chi connectivity index (χ3v) is 2.23. The Balaban J connectivity index is 3.53. The van der Waals surface area contributed by atoms with Gasteiger partial charge >= 0.3 is 0 Å². The molecule has 0 aliphatic rings. The first-order valence-electron chi connectivity index (χ1n) is 5.82. The summed E-state index contributed by atoms with van der Waals surface area (Å²) in [5.41, 5.74) is 0. The van der Waals surface area contributed by atoms with Crippen LogP contribution in [0.5, 0.6) is 0 Å². The average molecular weight is 251 g/mol. The highest BCUT2D eigenvalue weighted by atomic mass is 16.5. The minimum Gasteiger partial charge on any atom is -0.396 e. The molecule has 0 amide bonds. The zero-order valence-corrected chi connectivity index (χ0v) is 10.7. The van der Waals surface area contributed by atoms with E-state index in [1.165, 1.54) is 0 Å². The van der Waals surface area contributed by atoms with E-state index in [1.807, 2.05) is 0 Å². The highest BCUT2D eigenvalue weighted by Gasteiger charge is 2.10. The Morgan fingerprint density at radius 2 is 1.88 bits per heavy atom. The second kappa shape index (κ2) is 12.2. The number of aliphatic hydroxyl groups excluding tert-OH is 2. The zero-order chi connectivity index (χ0) is 12.9. The maximum atomic E-state index is 9.60. The van der Waals surface area contributed by atoms with E-state index >= 15 is 0 Å². The van der Waals surface area contributed by atoms with Crippen molar-refractivity contribution in [1.82, 2.24) is 5.32 Å². The number of hydrogen-bond donors (Lipinski definition) is 3. The van der Waals surface area contributed by atoms with Crippen molar-refractivity contribution in [3.8, 4) is 0 Å². The Bertz CT molecular complexity index is 153. The van der Waals surface area contributed by atoms with Gasteiger partial charge in [-0.2, -0.15) is 0 Å². The average Bonchev–Trinajstić information content (AvgIpc) is 2.32. The van der Waals surface area contributed by atoms with Crippen LogP contribution in [0.15, 0.2) is 0 Å². The van der Waals surface area contributed by atoms with Gasteiger partial charge in [0, 0.05) is 33.4 Å². The van der Waals surface area contributed by atoms with Crippen molar-refractivity contribution in [1.29, 1.82) is 0 Å². The van der Waals surface area contributed by atoms with Gasteiger partial charge in [0.05, 0.1) is 32.5 Å². The molecule has 0 heterocycles. The lowest BCUT2D eigenvalue weighted by atomic mass is 10.2. The zero-order valence-electron chi connectivity index (χ0n) is 10.7. The molecule has 0 rings (SSSR count). The molecule has 0 spiro atoms. The lowest BCUT2D eigenvalue weighted by molar-refractivity contribution is 0.0114. The van der Waals surface area contributed by atoms with Crippen LogP contribution in [0.3, 0.4) is 0 Å². The standard InChI is InChI=1S/C11H25NO5/c1-15-5-6-17-9-11(14)7-12-10(3-4-13)8-16-2/h10-14H,3-9H2,1-2H3. The molecule has 0 aliphatic heterocycles. The normalized spacial score (nSPS) is 14.8. The van der Waals surface area contributed by atoms with Crippen LogP contribution in [0.2, 0.25) is 0 Å². The van der Waals surface area contributed by atoms with E-state index in [-0.39, 0.29) is 19.3 Å². The van der Waals surface area contributed by atoms with Crippen molar-refractivity contribution in [3.05, 3.63) is 0 Å². The van der Waals surface area contributed by atoms with E-state index < -0.39 is 6.10 Å². The van der Waals surface area contributed by atoms with Gasteiger partial charge in [-0.3, -0.25) is 0 Å². The van der Waals surface area contributed by atoms with E-state index in [4.69, 9.17) is 19.3 Å². The van der Waals surface area contributed by atoms with Crippen LogP contribution in [0.1, 0.15) is 6.42 Å². The summed E-state index contributed by atoms with van der Waals surface area (Å²) in [6.07, 6.45) is 0.0374. The molecular formula is C11H25NO5. The molecule has 6 nitrogen and oxygen atoms in total. The smallest absolute Gasteiger partial charge is 0.0897 e. The predicted octanol–water partition coefficient (Wildman–Crippen LogP) is -1.00. The quantitative estimate of drug-likeness (QED) is 0.386. The number of ether oxygens (including phenoxy) is 3. The van der Waals surface area contributed by atoms with Crippen molar-refractivity contribution >= 4 is 0 Å². The second-order valence-corrected chi connectivity index (χ2v) is 3.79. The van der Waals surface area contributed by atoms with Gasteiger partial charge in [-0.1, -0.05) is 0 Å². The largest absolute Gasteiger partial charge is 0.396 e. The number of rotatable bonds is 12. The molecule has 0 saturated heterocycles. The Morgan fingerprint density at radius 1 is 1.12 bits per heavy atom. The van der Waals surface area contributed by atoms with Crippen LogP contribution in [-0.4, -0.2) is 76.2 Å². The monoisotopic (exact) mass is 251 g/mol. The summed E-state index contributed by atoms with van der Waals surface area (Å²) in [6, 6.07) is 0.0543. The Hall–Kier alpha value is -0.240. The minimum atomic E-state index is -0.565. The lowest BCUT2D eigenvalue weighted by Crippen LogP contribution is -2.40. The minimum absolute atomic E-state index is 0.0543. The summed E-state index contributed by atoms with van der Waals surface area (Å²) in [6.45, 7) is 2.30. The molecular weight excluding hydrogens is 226 g/mol. The molecule has 17 heavy (non-hydrogen) atoms. The molecule has 0 aromatic heterocycles. The molecule has 0 fully saturated rings. The topological polar surface area (TPSA) is 80.2 Å². The summed E-state index contributed by atoms with van der Waals surface area (Å²) < 4.78 is 15.0. The van der Waals surface area contributed by atoms with Gasteiger partial charge in [0.1, 0.15) is 0 Å². The molecule has 6 heteroatoms. The van der Waals surface area contributed by atoms with E-state index in [9.17, 15) is 5.11 Å². The van der Waals surface area contributed by atoms with Crippen molar-refractivity contribution < 1.29 is 24.4 Å². The Kier molecular flexibility index (Phi) is 12.1. The third kappa shape index (κ3) is 10.6. The van der Waals surface area contributed by atoms with E-state index in [1.54, 1.807) is 14.2 Å². The van der Waals surface area contributed by atoms with E-state index in [0.717, 1.165) is 0 Å². The number of hydrogen-bond acceptors (Lipinski definition) is 6. The fourth-order valence-corrected chi connectivity index (χ4v) is 1.32. The van der Waals surface area contributed by atoms with E-state index in [0.29, 0.717) is 32.8 Å². The van der Waals surface area contributed by atoms with Gasteiger partial charge in [0.15, 0.2) is 0 Å². The number of nitrogens with one attached hydrogen (secondary N) is 1. The van der Waals surface area contributed by atoms with Crippen LogP contribution in [0.4, 0.5) is 0 Å². The summed E-state index contributed by atoms with van der Waals surface area (Å²) in [7, 11) is 3.21. The molecule has 0 aromatic carbocycles. The summed E-state index contributed by atoms with van der Waals surface area (Å²) in [5.74, 6) is 0. The third-order valence-electron chi connectivity index (χ3n) is 2.23. The van der Waals surface area contributed by atoms with Crippen LogP contribution in [0, 0.1) is 0 Å². The fraction of sp³-hybridized carbons (Fsp3) is 1.00. The fourth-order valence-electron chi connectivity index (χ4n) is 1.32. The summed E-state index contributed by atoms with van der Waals surface area (Å²) in [5, 5.41) is 21.6. The molecule has 0 aliphatic carbocycles. The van der Waals surface area contributed by atoms with Gasteiger partial charge in [-0.15, -0.1) is 0 Å². The molecule has 2 atom stereocenters. The van der Waals surface area contributed by atoms with Gasteiger partial charge in [-0.05, 0) is 6.42 Å². The van der Waals surface area contributed by atoms with Gasteiger partial charge < -0.3 is 29.7 Å². The van der Waals surface area contributed by atoms with Crippen molar-refractivity contribution in [2.75, 3.05) is 53.8 Å². The highest BCUT2D eigenvalue weighted by Crippen LogP contribution is 1.93. The van der Waals surface area contributed by atoms with E-state index in [2.05, 4.69) is 5.32 Å². The van der Waals surface area contributed by atoms with Crippen LogP contribution in [0.25, 0.3) is 0 Å². The first-order chi connectivity index (χ1) is 8.24. The molecule has 0 bridgehead atoms. The predicted molar refractivity (Wildman–Crippen MR) is 64.1 cm³/mol. The maximum Gasteiger partial charge on any atom is 0.0897 e. The highest BCUT2D eigenvalue weighted by molar-refractivity contribution is 4.68. The maximum absolute atomic E-state index is 9.60. The van der Waals surface area contributed by atoms with Gasteiger partial charge in [0.2, 0.25) is 0 Å². The lowest BCUT2D eigenvalue weighted by Gasteiger charge is -2.19. The number of methoxy groups -OCH3 is 2. The SMILES string of the molecule is COCCOCC(O)CNC(CCO)COC. The summed E-state index contributed by atoms with van der Waals surface area (Å²) in [4.78, 5) is 0. The first kappa shape index (κ1) is 16.8. The molecule has 0 saturated carbocycles. The number of aliphatic hydroxyl groups is 2. The van der Waals surface area contributed by atoms with Gasteiger partial charge in [0.25, 0.3) is 0 Å². The molecule has 2 unspecified atom stereocenters. The van der Waals surface area contributed by atoms with Crippen LogP contribution in [-0.2, 0) is 14.2 Å². The molecule has 3 N–H and O–H groups in total. The van der Waals surface area contributed by atoms with Crippen molar-refractivity contribution in [2.45, 2.75) is 18.6 Å². The molecule has 0 radical (unpaired) electrons. The first-order valence-corrected chi connectivity index (χ1v) is 5.82. The van der Waals surface area contributed by atoms with Crippen molar-refractivity contribution in [2.24, 2.45) is 0 Å². The molecule has 0 aromatic rings. The van der Waals surface area contributed by atoms with Crippen LogP contribution >= 0.6 is 0 Å². The van der Waals surface area contributed by atoms with Crippen molar-refractivity contribution in [3.63, 3.8) is 0 Å². The Labute approximate surface area is 103 Å². The van der Waals surface area contributed by atoms with Crippen LogP contribution < -0.4 is 5.32 Å². The second-order valence-electron chi connectivity index (χ2n) is 3.79. The van der Waals surface area contributed by atoms with Gasteiger partial charge in [-0.25, -0.2) is 0 Å². The molecule has 104 valence electrons.